The maximum Gasteiger partial charge on any atom is 0.323 e. The summed E-state index contributed by atoms with van der Waals surface area (Å²) < 4.78 is 34.9. The minimum absolute atomic E-state index is 0.00735. The lowest BCUT2D eigenvalue weighted by molar-refractivity contribution is -0.138. The van der Waals surface area contributed by atoms with Gasteiger partial charge in [-0.25, -0.2) is 13.4 Å². The Morgan fingerprint density at radius 1 is 1.15 bits per heavy atom. The van der Waals surface area contributed by atoms with E-state index in [-0.39, 0.29) is 30.2 Å². The molecule has 2 aromatic rings. The number of ether oxygens (including phenoxy) is 1. The number of nitrogens with zero attached hydrogens (tertiary/aromatic N) is 2. The van der Waals surface area contributed by atoms with E-state index in [9.17, 15) is 18.3 Å². The number of benzene rings is 2. The van der Waals surface area contributed by atoms with Crippen molar-refractivity contribution in [2.45, 2.75) is 70.7 Å². The molecule has 0 aliphatic carbocycles. The second-order valence-corrected chi connectivity index (χ2v) is 14.0. The number of thiocarbonyl (C=S) groups is 1. The summed E-state index contributed by atoms with van der Waals surface area (Å²) in [5.41, 5.74) is 4.42. The van der Waals surface area contributed by atoms with Crippen LogP contribution in [0.25, 0.3) is 0 Å². The van der Waals surface area contributed by atoms with E-state index in [1.165, 1.54) is 0 Å². The van der Waals surface area contributed by atoms with Gasteiger partial charge in [-0.15, -0.1) is 0 Å². The van der Waals surface area contributed by atoms with Crippen LogP contribution < -0.4 is 20.7 Å². The summed E-state index contributed by atoms with van der Waals surface area (Å²) in [5, 5.41) is 20.1. The third-order valence-corrected chi connectivity index (χ3v) is 9.77. The highest BCUT2D eigenvalue weighted by Crippen LogP contribution is 2.23. The van der Waals surface area contributed by atoms with E-state index in [1.54, 1.807) is 32.2 Å². The number of carboxylic acid groups (broad SMARTS) is 1. The highest BCUT2D eigenvalue weighted by atomic mass is 32.2. The number of allylic oxidation sites excluding steroid dienone is 2. The van der Waals surface area contributed by atoms with Gasteiger partial charge in [0.05, 0.1) is 23.6 Å². The Morgan fingerprint density at radius 2 is 1.81 bits per heavy atom. The molecule has 1 heterocycles. The van der Waals surface area contributed by atoms with Crippen molar-refractivity contribution in [3.8, 4) is 0 Å². The number of carbonyl (C=O) groups is 1. The number of aryl methyl sites for hydroxylation is 3. The summed E-state index contributed by atoms with van der Waals surface area (Å²) in [6, 6.07) is 12.1. The first-order valence-corrected chi connectivity index (χ1v) is 17.6. The number of carboxylic acids is 1. The first-order chi connectivity index (χ1) is 22.7. The molecule has 0 saturated carbocycles. The second kappa shape index (κ2) is 17.9. The zero-order valence-corrected chi connectivity index (χ0v) is 30.0. The van der Waals surface area contributed by atoms with E-state index in [4.69, 9.17) is 17.0 Å². The number of sulfonamides is 1. The number of aliphatic carboxylic acids is 1. The van der Waals surface area contributed by atoms with Gasteiger partial charge in [-0.1, -0.05) is 66.8 Å². The minimum Gasteiger partial charge on any atom is -0.480 e. The van der Waals surface area contributed by atoms with Crippen LogP contribution in [0.5, 0.6) is 0 Å². The van der Waals surface area contributed by atoms with Crippen molar-refractivity contribution < 1.29 is 23.1 Å². The average molecular weight is 697 g/mol. The van der Waals surface area contributed by atoms with E-state index in [0.717, 1.165) is 16.7 Å². The van der Waals surface area contributed by atoms with Gasteiger partial charge in [-0.05, 0) is 76.0 Å². The molecular weight excluding hydrogens is 649 g/mol. The fourth-order valence-electron chi connectivity index (χ4n) is 5.57. The summed E-state index contributed by atoms with van der Waals surface area (Å²) in [4.78, 5) is 18.6. The molecule has 5 N–H and O–H groups in total. The number of rotatable bonds is 17. The maximum absolute atomic E-state index is 13.2. The Balaban J connectivity index is 1.61. The number of aliphatic imine (C=N–C) groups is 1. The van der Waals surface area contributed by atoms with Gasteiger partial charge in [0.15, 0.2) is 5.11 Å². The fraction of sp³-hybridized carbons (Fsp3) is 0.400. The topological polar surface area (TPSA) is 144 Å². The zero-order chi connectivity index (χ0) is 35.4. The molecule has 1 aliphatic rings. The van der Waals surface area contributed by atoms with Crippen LogP contribution >= 0.6 is 12.2 Å². The van der Waals surface area contributed by atoms with Gasteiger partial charge in [0.1, 0.15) is 11.9 Å². The van der Waals surface area contributed by atoms with Crippen LogP contribution in [0, 0.1) is 20.8 Å². The Morgan fingerprint density at radius 3 is 2.42 bits per heavy atom. The summed E-state index contributed by atoms with van der Waals surface area (Å²) in [6.45, 7) is 18.5. The molecule has 11 nitrogen and oxygen atoms in total. The van der Waals surface area contributed by atoms with Crippen molar-refractivity contribution in [3.63, 3.8) is 0 Å². The van der Waals surface area contributed by atoms with Crippen LogP contribution in [-0.4, -0.2) is 80.1 Å². The molecule has 1 aliphatic heterocycles. The molecule has 1 fully saturated rings. The molecule has 3 atom stereocenters. The highest BCUT2D eigenvalue weighted by Gasteiger charge is 2.34. The van der Waals surface area contributed by atoms with Crippen molar-refractivity contribution in [2.24, 2.45) is 4.99 Å². The summed E-state index contributed by atoms with van der Waals surface area (Å²) >= 11 is 5.81. The SMILES string of the molecule is C=C(C)/C=C(\N=C/C)NC[C@@H]1C[C@@H](OCC(=C)NC[C@H](NS(=O)(=O)c2c(C)cc(C)cc2C)C(=O)O)CN1C(=S)NCc1ccccc1. The first-order valence-electron chi connectivity index (χ1n) is 15.7. The summed E-state index contributed by atoms with van der Waals surface area (Å²) in [5.74, 6) is -0.612. The summed E-state index contributed by atoms with van der Waals surface area (Å²) in [6.07, 6.45) is 4.06. The number of hydrogen-bond acceptors (Lipinski definition) is 8. The van der Waals surface area contributed by atoms with Gasteiger partial charge in [0.2, 0.25) is 10.0 Å². The Labute approximate surface area is 290 Å². The molecule has 48 heavy (non-hydrogen) atoms. The van der Waals surface area contributed by atoms with Crippen LogP contribution in [0.4, 0.5) is 0 Å². The normalized spacial score (nSPS) is 17.3. The number of hydrogen-bond donors (Lipinski definition) is 5. The largest absolute Gasteiger partial charge is 0.480 e. The molecular formula is C35H48N6O5S2. The van der Waals surface area contributed by atoms with Gasteiger partial charge < -0.3 is 30.7 Å². The zero-order valence-electron chi connectivity index (χ0n) is 28.4. The molecule has 3 rings (SSSR count). The molecule has 0 unspecified atom stereocenters. The number of nitrogens with one attached hydrogen (secondary N) is 4. The standard InChI is InChI=1S/C35H48N6O5S2/c1-8-36-32(14-23(2)3)38-19-29-17-30(21-41(29)35(47)39-18-28-12-10-9-11-13-28)46-22-27(7)37-20-31(34(42)43)40-48(44,45)33-25(5)15-24(4)16-26(33)6/h8-16,29-31,37-38,40H,2,7,17-22H2,1,3-6H3,(H,39,47)(H,42,43)/b32-14+,36-8-/t29-,30+,31-/m0/s1. The first kappa shape index (κ1) is 38.4. The van der Waals surface area contributed by atoms with Gasteiger partial charge in [0.25, 0.3) is 0 Å². The molecule has 0 aromatic heterocycles. The van der Waals surface area contributed by atoms with Gasteiger partial charge in [-0.2, -0.15) is 4.72 Å². The summed E-state index contributed by atoms with van der Waals surface area (Å²) in [7, 11) is -4.10. The predicted octanol–water partition coefficient (Wildman–Crippen LogP) is 4.08. The Bertz CT molecular complexity index is 1620. The van der Waals surface area contributed by atoms with Crippen LogP contribution in [0.1, 0.15) is 42.5 Å². The van der Waals surface area contributed by atoms with Crippen LogP contribution in [0.15, 0.2) is 88.7 Å². The maximum atomic E-state index is 13.2. The molecule has 1 saturated heterocycles. The van der Waals surface area contributed by atoms with Crippen molar-refractivity contribution in [1.82, 2.24) is 25.6 Å². The Kier molecular flexibility index (Phi) is 14.3. The molecule has 0 amide bonds. The van der Waals surface area contributed by atoms with Gasteiger partial charge >= 0.3 is 5.97 Å². The average Bonchev–Trinajstić information content (AvgIpc) is 3.42. The highest BCUT2D eigenvalue weighted by molar-refractivity contribution is 7.89. The molecule has 260 valence electrons. The van der Waals surface area contributed by atoms with E-state index >= 15 is 0 Å². The third kappa shape index (κ3) is 11.6. The van der Waals surface area contributed by atoms with Gasteiger partial charge in [0, 0.05) is 38.1 Å². The quantitative estimate of drug-likeness (QED) is 0.0933. The monoisotopic (exact) mass is 696 g/mol. The molecule has 13 heteroatoms. The minimum atomic E-state index is -4.10. The van der Waals surface area contributed by atoms with Crippen LogP contribution in [0.3, 0.4) is 0 Å². The molecule has 2 aromatic carbocycles. The van der Waals surface area contributed by atoms with Gasteiger partial charge in [-0.3, -0.25) is 4.79 Å². The molecule has 0 spiro atoms. The molecule has 0 bridgehead atoms. The van der Waals surface area contributed by atoms with Crippen LogP contribution in [0.2, 0.25) is 0 Å². The Hall–Kier alpha value is -4.04. The fourth-order valence-corrected chi connectivity index (χ4v) is 7.51. The van der Waals surface area contributed by atoms with E-state index in [1.807, 2.05) is 57.2 Å². The number of likely N-dealkylation sites (tertiary alicyclic amines) is 1. The van der Waals surface area contributed by atoms with E-state index in [0.29, 0.717) is 53.8 Å². The predicted molar refractivity (Wildman–Crippen MR) is 195 cm³/mol. The lowest BCUT2D eigenvalue weighted by atomic mass is 10.1. The van der Waals surface area contributed by atoms with Crippen molar-refractivity contribution >= 4 is 39.5 Å². The lowest BCUT2D eigenvalue weighted by Gasteiger charge is -2.28. The molecule has 0 radical (unpaired) electrons. The lowest BCUT2D eigenvalue weighted by Crippen LogP contribution is -2.47. The van der Waals surface area contributed by atoms with E-state index < -0.39 is 22.0 Å². The third-order valence-electron chi connectivity index (χ3n) is 7.61. The second-order valence-electron chi connectivity index (χ2n) is 12.0. The van der Waals surface area contributed by atoms with Crippen molar-refractivity contribution in [2.75, 3.05) is 26.2 Å². The van der Waals surface area contributed by atoms with Crippen molar-refractivity contribution in [3.05, 3.63) is 101 Å². The van der Waals surface area contributed by atoms with E-state index in [2.05, 4.69) is 43.7 Å². The van der Waals surface area contributed by atoms with Crippen LogP contribution in [-0.2, 0) is 26.1 Å². The van der Waals surface area contributed by atoms with Crippen molar-refractivity contribution in [1.29, 1.82) is 0 Å². The smallest absolute Gasteiger partial charge is 0.323 e.